The lowest BCUT2D eigenvalue weighted by Crippen LogP contribution is -2.58. The van der Waals surface area contributed by atoms with E-state index in [1.165, 1.54) is 7.11 Å². The van der Waals surface area contributed by atoms with Gasteiger partial charge in [0.15, 0.2) is 0 Å². The lowest BCUT2D eigenvalue weighted by molar-refractivity contribution is -0.150. The monoisotopic (exact) mass is 350 g/mol. The van der Waals surface area contributed by atoms with Crippen LogP contribution in [0.15, 0.2) is 48.8 Å². The number of carbonyl (C=O) groups is 2. The number of rotatable bonds is 4. The highest BCUT2D eigenvalue weighted by molar-refractivity contribution is 5.99. The lowest BCUT2D eigenvalue weighted by atomic mass is 9.81. The van der Waals surface area contributed by atoms with E-state index in [0.29, 0.717) is 17.9 Å². The highest BCUT2D eigenvalue weighted by Crippen LogP contribution is 2.55. The van der Waals surface area contributed by atoms with Gasteiger partial charge >= 0.3 is 5.97 Å². The zero-order valence-electron chi connectivity index (χ0n) is 14.8. The van der Waals surface area contributed by atoms with E-state index in [0.717, 1.165) is 30.4 Å². The number of fused-ring (bicyclic) bond motifs is 1. The van der Waals surface area contributed by atoms with E-state index in [2.05, 4.69) is 10.3 Å². The fourth-order valence-corrected chi connectivity index (χ4v) is 4.27. The first-order valence-corrected chi connectivity index (χ1v) is 9.05. The van der Waals surface area contributed by atoms with Crippen LogP contribution in [0.4, 0.5) is 0 Å². The minimum atomic E-state index is -0.891. The third kappa shape index (κ3) is 2.87. The van der Waals surface area contributed by atoms with Gasteiger partial charge in [-0.2, -0.15) is 0 Å². The number of nitrogens with zero attached hydrogens (tertiary/aromatic N) is 1. The van der Waals surface area contributed by atoms with E-state index in [-0.39, 0.29) is 17.8 Å². The van der Waals surface area contributed by atoms with Crippen LogP contribution in [0.25, 0.3) is 11.1 Å². The zero-order chi connectivity index (χ0) is 18.1. The Bertz CT molecular complexity index is 836. The molecular formula is C21H22N2O3. The quantitative estimate of drug-likeness (QED) is 0.860. The largest absolute Gasteiger partial charge is 0.467 e. The molecule has 1 amide bonds. The summed E-state index contributed by atoms with van der Waals surface area (Å²) in [6.45, 7) is 0. The van der Waals surface area contributed by atoms with Crippen molar-refractivity contribution in [3.63, 3.8) is 0 Å². The summed E-state index contributed by atoms with van der Waals surface area (Å²) < 4.78 is 5.05. The molecule has 1 heterocycles. The van der Waals surface area contributed by atoms with Gasteiger partial charge in [-0.15, -0.1) is 0 Å². The Morgan fingerprint density at radius 3 is 2.77 bits per heavy atom. The van der Waals surface area contributed by atoms with Crippen molar-refractivity contribution in [3.05, 3.63) is 54.4 Å². The smallest absolute Gasteiger partial charge is 0.331 e. The molecule has 3 atom stereocenters. The SMILES string of the molecule is COC(=O)C1(NC(=O)c2cncc(-c3ccccc3)c2)CCCC2CC21. The number of carbonyl (C=O) groups excluding carboxylic acids is 2. The van der Waals surface area contributed by atoms with Gasteiger partial charge in [0.25, 0.3) is 5.91 Å². The lowest BCUT2D eigenvalue weighted by Gasteiger charge is -2.35. The second kappa shape index (κ2) is 6.56. The Labute approximate surface area is 152 Å². The summed E-state index contributed by atoms with van der Waals surface area (Å²) in [6, 6.07) is 11.6. The first-order chi connectivity index (χ1) is 12.6. The highest BCUT2D eigenvalue weighted by Gasteiger charge is 2.60. The molecule has 0 spiro atoms. The standard InChI is InChI=1S/C21H22N2O3/c1-26-20(25)21(9-5-8-15-11-18(15)21)23-19(24)17-10-16(12-22-13-17)14-6-3-2-4-7-14/h2-4,6-7,10,12-13,15,18H,5,8-9,11H2,1H3,(H,23,24). The Morgan fingerprint density at radius 1 is 1.19 bits per heavy atom. The van der Waals surface area contributed by atoms with Crippen molar-refractivity contribution >= 4 is 11.9 Å². The van der Waals surface area contributed by atoms with E-state index in [4.69, 9.17) is 4.74 Å². The summed E-state index contributed by atoms with van der Waals surface area (Å²) in [4.78, 5) is 29.7. The van der Waals surface area contributed by atoms with Gasteiger partial charge in [0.05, 0.1) is 12.7 Å². The van der Waals surface area contributed by atoms with Crippen LogP contribution in [0, 0.1) is 11.8 Å². The van der Waals surface area contributed by atoms with Crippen LogP contribution in [-0.2, 0) is 9.53 Å². The topological polar surface area (TPSA) is 68.3 Å². The molecule has 0 bridgehead atoms. The van der Waals surface area contributed by atoms with Gasteiger partial charge in [-0.25, -0.2) is 4.79 Å². The van der Waals surface area contributed by atoms with Gasteiger partial charge in [0, 0.05) is 18.0 Å². The third-order valence-electron chi connectivity index (χ3n) is 5.70. The summed E-state index contributed by atoms with van der Waals surface area (Å²) in [7, 11) is 1.39. The summed E-state index contributed by atoms with van der Waals surface area (Å²) in [6.07, 6.45) is 6.96. The molecule has 5 nitrogen and oxygen atoms in total. The molecule has 4 rings (SSSR count). The molecule has 2 saturated carbocycles. The average Bonchev–Trinajstić information content (AvgIpc) is 3.49. The molecule has 3 unspecified atom stereocenters. The van der Waals surface area contributed by atoms with E-state index in [1.54, 1.807) is 12.4 Å². The summed E-state index contributed by atoms with van der Waals surface area (Å²) in [5.41, 5.74) is 1.44. The van der Waals surface area contributed by atoms with Crippen molar-refractivity contribution in [1.29, 1.82) is 0 Å². The van der Waals surface area contributed by atoms with Crippen molar-refractivity contribution in [2.75, 3.05) is 7.11 Å². The van der Waals surface area contributed by atoms with E-state index >= 15 is 0 Å². The number of hydrogen-bond donors (Lipinski definition) is 1. The number of esters is 1. The third-order valence-corrected chi connectivity index (χ3v) is 5.70. The maximum absolute atomic E-state index is 12.9. The van der Waals surface area contributed by atoms with Crippen molar-refractivity contribution in [2.45, 2.75) is 31.2 Å². The molecule has 0 radical (unpaired) electrons. The second-order valence-electron chi connectivity index (χ2n) is 7.24. The number of amides is 1. The molecule has 1 N–H and O–H groups in total. The molecule has 2 aliphatic carbocycles. The molecular weight excluding hydrogens is 328 g/mol. The predicted molar refractivity (Wildman–Crippen MR) is 97.3 cm³/mol. The minimum Gasteiger partial charge on any atom is -0.467 e. The Balaban J connectivity index is 1.60. The van der Waals surface area contributed by atoms with Crippen LogP contribution >= 0.6 is 0 Å². The van der Waals surface area contributed by atoms with Crippen LogP contribution < -0.4 is 5.32 Å². The van der Waals surface area contributed by atoms with E-state index in [1.807, 2.05) is 36.4 Å². The van der Waals surface area contributed by atoms with E-state index < -0.39 is 5.54 Å². The first kappa shape index (κ1) is 16.8. The van der Waals surface area contributed by atoms with Crippen LogP contribution in [0.2, 0.25) is 0 Å². The molecule has 0 aliphatic heterocycles. The number of nitrogens with one attached hydrogen (secondary N) is 1. The van der Waals surface area contributed by atoms with Crippen molar-refractivity contribution in [3.8, 4) is 11.1 Å². The molecule has 26 heavy (non-hydrogen) atoms. The summed E-state index contributed by atoms with van der Waals surface area (Å²) in [5.74, 6) is 0.119. The molecule has 134 valence electrons. The molecule has 1 aromatic heterocycles. The number of aromatic nitrogens is 1. The van der Waals surface area contributed by atoms with Crippen molar-refractivity contribution < 1.29 is 14.3 Å². The highest BCUT2D eigenvalue weighted by atomic mass is 16.5. The molecule has 0 saturated heterocycles. The second-order valence-corrected chi connectivity index (χ2v) is 7.24. The van der Waals surface area contributed by atoms with Crippen LogP contribution in [0.5, 0.6) is 0 Å². The molecule has 2 fully saturated rings. The fourth-order valence-electron chi connectivity index (χ4n) is 4.27. The number of ether oxygens (including phenoxy) is 1. The normalized spacial score (nSPS) is 26.5. The molecule has 2 aromatic rings. The van der Waals surface area contributed by atoms with Crippen LogP contribution in [0.3, 0.4) is 0 Å². The van der Waals surface area contributed by atoms with Gasteiger partial charge in [-0.05, 0) is 42.7 Å². The number of pyridine rings is 1. The Kier molecular flexibility index (Phi) is 4.23. The summed E-state index contributed by atoms with van der Waals surface area (Å²) >= 11 is 0. The van der Waals surface area contributed by atoms with Crippen molar-refractivity contribution in [2.24, 2.45) is 11.8 Å². The van der Waals surface area contributed by atoms with Crippen LogP contribution in [0.1, 0.15) is 36.0 Å². The minimum absolute atomic E-state index is 0.193. The molecule has 2 aliphatic rings. The summed E-state index contributed by atoms with van der Waals surface area (Å²) in [5, 5.41) is 3.02. The Hall–Kier alpha value is -2.69. The molecule has 5 heteroatoms. The maximum Gasteiger partial charge on any atom is 0.331 e. The predicted octanol–water partition coefficient (Wildman–Crippen LogP) is 3.21. The van der Waals surface area contributed by atoms with Gasteiger partial charge < -0.3 is 10.1 Å². The average molecular weight is 350 g/mol. The first-order valence-electron chi connectivity index (χ1n) is 9.05. The van der Waals surface area contributed by atoms with Crippen molar-refractivity contribution in [1.82, 2.24) is 10.3 Å². The number of benzene rings is 1. The number of methoxy groups -OCH3 is 1. The number of hydrogen-bond acceptors (Lipinski definition) is 4. The Morgan fingerprint density at radius 2 is 2.00 bits per heavy atom. The van der Waals surface area contributed by atoms with Gasteiger partial charge in [0.2, 0.25) is 0 Å². The maximum atomic E-state index is 12.9. The van der Waals surface area contributed by atoms with Gasteiger partial charge in [0.1, 0.15) is 5.54 Å². The molecule has 1 aromatic carbocycles. The fraction of sp³-hybridized carbons (Fsp3) is 0.381. The van der Waals surface area contributed by atoms with E-state index in [9.17, 15) is 9.59 Å². The van der Waals surface area contributed by atoms with Gasteiger partial charge in [-0.3, -0.25) is 9.78 Å². The zero-order valence-corrected chi connectivity index (χ0v) is 14.8. The van der Waals surface area contributed by atoms with Gasteiger partial charge in [-0.1, -0.05) is 36.8 Å². The van der Waals surface area contributed by atoms with Crippen LogP contribution in [-0.4, -0.2) is 29.5 Å².